The van der Waals surface area contributed by atoms with Crippen molar-refractivity contribution in [1.29, 1.82) is 0 Å². The summed E-state index contributed by atoms with van der Waals surface area (Å²) in [5.74, 6) is 0.926. The molecule has 0 radical (unpaired) electrons. The van der Waals surface area contributed by atoms with Crippen molar-refractivity contribution in [2.75, 3.05) is 5.75 Å². The fourth-order valence-corrected chi connectivity index (χ4v) is 4.19. The van der Waals surface area contributed by atoms with Crippen molar-refractivity contribution >= 4 is 33.8 Å². The van der Waals surface area contributed by atoms with Gasteiger partial charge in [0, 0.05) is 18.8 Å². The number of para-hydroxylation sites is 4. The molecule has 0 aliphatic rings. The predicted molar refractivity (Wildman–Crippen MR) is 103 cm³/mol. The first kappa shape index (κ1) is 16.0. The maximum absolute atomic E-state index is 12.1. The van der Waals surface area contributed by atoms with E-state index in [2.05, 4.69) is 28.6 Å². The molecule has 0 atom stereocenters. The van der Waals surface area contributed by atoms with Gasteiger partial charge in [-0.15, -0.1) is 0 Å². The van der Waals surface area contributed by atoms with Crippen LogP contribution in [0.1, 0.15) is 13.3 Å². The first-order valence-corrected chi connectivity index (χ1v) is 9.52. The molecule has 0 spiro atoms. The molecule has 4 aromatic rings. The van der Waals surface area contributed by atoms with Gasteiger partial charge >= 0.3 is 5.69 Å². The van der Waals surface area contributed by atoms with E-state index in [4.69, 9.17) is 4.98 Å². The Kier molecular flexibility index (Phi) is 4.36. The second kappa shape index (κ2) is 6.80. The number of imidazole rings is 2. The van der Waals surface area contributed by atoms with Gasteiger partial charge in [0.2, 0.25) is 0 Å². The average Bonchev–Trinajstić information content (AvgIpc) is 3.15. The van der Waals surface area contributed by atoms with E-state index in [0.29, 0.717) is 6.54 Å². The Morgan fingerprint density at radius 2 is 1.80 bits per heavy atom. The molecule has 2 aromatic heterocycles. The number of aryl methyl sites for hydroxylation is 2. The smallest absolute Gasteiger partial charge is 0.319 e. The molecule has 5 nitrogen and oxygen atoms in total. The van der Waals surface area contributed by atoms with Crippen LogP contribution < -0.4 is 5.69 Å². The Balaban J connectivity index is 1.46. The monoisotopic (exact) mass is 352 g/mol. The lowest BCUT2D eigenvalue weighted by Gasteiger charge is -2.06. The van der Waals surface area contributed by atoms with E-state index in [1.54, 1.807) is 11.8 Å². The van der Waals surface area contributed by atoms with Gasteiger partial charge in [-0.05, 0) is 37.6 Å². The molecule has 0 saturated heterocycles. The first-order chi connectivity index (χ1) is 12.3. The Morgan fingerprint density at radius 3 is 2.64 bits per heavy atom. The van der Waals surface area contributed by atoms with Crippen LogP contribution in [0.15, 0.2) is 58.5 Å². The van der Waals surface area contributed by atoms with Gasteiger partial charge in [0.1, 0.15) is 0 Å². The van der Waals surface area contributed by atoms with Gasteiger partial charge < -0.3 is 9.55 Å². The molecule has 2 heterocycles. The first-order valence-electron chi connectivity index (χ1n) is 8.53. The van der Waals surface area contributed by atoms with Crippen molar-refractivity contribution in [3.63, 3.8) is 0 Å². The van der Waals surface area contributed by atoms with Gasteiger partial charge in [0.05, 0.1) is 22.1 Å². The molecular weight excluding hydrogens is 332 g/mol. The maximum Gasteiger partial charge on any atom is 0.326 e. The molecule has 0 aliphatic carbocycles. The zero-order chi connectivity index (χ0) is 17.2. The molecule has 0 amide bonds. The number of thioether (sulfide) groups is 1. The number of nitrogens with zero attached hydrogens (tertiary/aromatic N) is 3. The number of benzene rings is 2. The van der Waals surface area contributed by atoms with Crippen molar-refractivity contribution in [2.45, 2.75) is 31.6 Å². The Hall–Kier alpha value is -2.47. The fraction of sp³-hybridized carbons (Fsp3) is 0.263. The summed E-state index contributed by atoms with van der Waals surface area (Å²) in [6.07, 6.45) is 0.916. The van der Waals surface area contributed by atoms with Crippen LogP contribution >= 0.6 is 11.8 Å². The van der Waals surface area contributed by atoms with Gasteiger partial charge in [-0.25, -0.2) is 9.78 Å². The summed E-state index contributed by atoms with van der Waals surface area (Å²) in [4.78, 5) is 19.7. The summed E-state index contributed by atoms with van der Waals surface area (Å²) in [7, 11) is 0. The van der Waals surface area contributed by atoms with Crippen molar-refractivity contribution in [2.24, 2.45) is 0 Å². The van der Waals surface area contributed by atoms with E-state index in [1.807, 2.05) is 41.0 Å². The number of aromatic amines is 1. The highest BCUT2D eigenvalue weighted by molar-refractivity contribution is 7.99. The van der Waals surface area contributed by atoms with Crippen LogP contribution in [0.25, 0.3) is 22.1 Å². The average molecular weight is 352 g/mol. The molecule has 6 heteroatoms. The van der Waals surface area contributed by atoms with Crippen LogP contribution in [0.2, 0.25) is 0 Å². The number of nitrogens with one attached hydrogen (secondary N) is 1. The summed E-state index contributed by atoms with van der Waals surface area (Å²) in [5.41, 5.74) is 4.05. The van der Waals surface area contributed by atoms with E-state index < -0.39 is 0 Å². The van der Waals surface area contributed by atoms with Crippen LogP contribution in [0.4, 0.5) is 0 Å². The zero-order valence-electron chi connectivity index (χ0n) is 14.1. The Morgan fingerprint density at radius 1 is 1.04 bits per heavy atom. The SMILES string of the molecule is CCn1c(SCCCn2c(=O)[nH]c3ccccc32)nc2ccccc21. The molecule has 25 heavy (non-hydrogen) atoms. The molecule has 0 saturated carbocycles. The fourth-order valence-electron chi connectivity index (χ4n) is 3.18. The number of hydrogen-bond acceptors (Lipinski definition) is 3. The lowest BCUT2D eigenvalue weighted by Crippen LogP contribution is -2.17. The highest BCUT2D eigenvalue weighted by Gasteiger charge is 2.10. The molecule has 1 N–H and O–H groups in total. The highest BCUT2D eigenvalue weighted by Crippen LogP contribution is 2.24. The van der Waals surface area contributed by atoms with Crippen LogP contribution in [0.5, 0.6) is 0 Å². The van der Waals surface area contributed by atoms with Crippen molar-refractivity contribution in [1.82, 2.24) is 19.1 Å². The Labute approximate surface area is 149 Å². The van der Waals surface area contributed by atoms with Crippen molar-refractivity contribution in [3.05, 3.63) is 59.0 Å². The third kappa shape index (κ3) is 2.98. The quantitative estimate of drug-likeness (QED) is 0.423. The largest absolute Gasteiger partial charge is 0.326 e. The van der Waals surface area contributed by atoms with Crippen molar-refractivity contribution in [3.8, 4) is 0 Å². The molecule has 4 rings (SSSR count). The molecule has 0 aliphatic heterocycles. The van der Waals surface area contributed by atoms with Gasteiger partial charge in [-0.3, -0.25) is 4.57 Å². The summed E-state index contributed by atoms with van der Waals surface area (Å²) in [6, 6.07) is 16.1. The maximum atomic E-state index is 12.1. The highest BCUT2D eigenvalue weighted by atomic mass is 32.2. The minimum atomic E-state index is -0.0352. The van der Waals surface area contributed by atoms with Gasteiger partial charge in [0.25, 0.3) is 0 Å². The van der Waals surface area contributed by atoms with E-state index >= 15 is 0 Å². The van der Waals surface area contributed by atoms with E-state index in [-0.39, 0.29) is 5.69 Å². The summed E-state index contributed by atoms with van der Waals surface area (Å²) in [6.45, 7) is 3.76. The number of hydrogen-bond donors (Lipinski definition) is 1. The van der Waals surface area contributed by atoms with E-state index in [1.165, 1.54) is 5.52 Å². The standard InChI is InChI=1S/C19H20N4OS/c1-2-22-16-10-5-4-9-15(16)21-19(22)25-13-7-12-23-17-11-6-3-8-14(17)20-18(23)24/h3-6,8-11H,2,7,12-13H2,1H3,(H,20,24). The van der Waals surface area contributed by atoms with Crippen molar-refractivity contribution < 1.29 is 0 Å². The summed E-state index contributed by atoms with van der Waals surface area (Å²) >= 11 is 1.76. The normalized spacial score (nSPS) is 11.6. The third-order valence-corrected chi connectivity index (χ3v) is 5.44. The van der Waals surface area contributed by atoms with Crippen LogP contribution in [0, 0.1) is 0 Å². The zero-order valence-corrected chi connectivity index (χ0v) is 14.9. The summed E-state index contributed by atoms with van der Waals surface area (Å²) in [5, 5.41) is 1.05. The lowest BCUT2D eigenvalue weighted by atomic mass is 10.3. The second-order valence-corrected chi connectivity index (χ2v) is 6.99. The number of H-pyrrole nitrogens is 1. The number of rotatable bonds is 6. The molecule has 128 valence electrons. The minimum absolute atomic E-state index is 0.0352. The third-order valence-electron chi connectivity index (χ3n) is 4.37. The predicted octanol–water partition coefficient (Wildman–Crippen LogP) is 3.88. The molecule has 2 aromatic carbocycles. The topological polar surface area (TPSA) is 55.6 Å². The second-order valence-electron chi connectivity index (χ2n) is 5.93. The van der Waals surface area contributed by atoms with Crippen LogP contribution in [-0.4, -0.2) is 24.9 Å². The van der Waals surface area contributed by atoms with Gasteiger partial charge in [-0.1, -0.05) is 36.0 Å². The summed E-state index contributed by atoms with van der Waals surface area (Å²) < 4.78 is 4.07. The lowest BCUT2D eigenvalue weighted by molar-refractivity contribution is 0.674. The molecular formula is C19H20N4OS. The van der Waals surface area contributed by atoms with E-state index in [0.717, 1.165) is 40.4 Å². The molecule has 0 fully saturated rings. The molecule has 0 bridgehead atoms. The Bertz CT molecular complexity index is 1080. The number of fused-ring (bicyclic) bond motifs is 2. The van der Waals surface area contributed by atoms with E-state index in [9.17, 15) is 4.79 Å². The van der Waals surface area contributed by atoms with Crippen LogP contribution in [0.3, 0.4) is 0 Å². The van der Waals surface area contributed by atoms with Gasteiger partial charge in [-0.2, -0.15) is 0 Å². The van der Waals surface area contributed by atoms with Crippen LogP contribution in [-0.2, 0) is 13.1 Å². The van der Waals surface area contributed by atoms with Gasteiger partial charge in [0.15, 0.2) is 5.16 Å². The minimum Gasteiger partial charge on any atom is -0.319 e. The molecule has 0 unspecified atom stereocenters. The number of aromatic nitrogens is 4.